The molecule has 5 heteroatoms. The predicted molar refractivity (Wildman–Crippen MR) is 108 cm³/mol. The third-order valence-electron chi connectivity index (χ3n) is 4.01. The molecule has 0 saturated carbocycles. The van der Waals surface area contributed by atoms with Crippen molar-refractivity contribution in [2.45, 2.75) is 26.8 Å². The van der Waals surface area contributed by atoms with Crippen molar-refractivity contribution in [3.05, 3.63) is 70.8 Å². The Hall–Kier alpha value is -2.82. The lowest BCUT2D eigenvalue weighted by Gasteiger charge is -2.12. The number of carbonyl (C=O) groups is 1. The third-order valence-corrected chi connectivity index (χ3v) is 4.01. The second-order valence-corrected chi connectivity index (χ2v) is 6.14. The van der Waals surface area contributed by atoms with Gasteiger partial charge in [0.2, 0.25) is 0 Å². The van der Waals surface area contributed by atoms with Crippen LogP contribution < -0.4 is 16.0 Å². The molecule has 0 heterocycles. The molecule has 0 aliphatic rings. The van der Waals surface area contributed by atoms with Gasteiger partial charge in [-0.05, 0) is 43.5 Å². The number of nitrogens with zero attached hydrogens (tertiary/aromatic N) is 1. The number of amides is 1. The van der Waals surface area contributed by atoms with Gasteiger partial charge in [0, 0.05) is 25.7 Å². The van der Waals surface area contributed by atoms with Crippen LogP contribution in [0.4, 0.5) is 0 Å². The molecule has 0 aliphatic carbocycles. The van der Waals surface area contributed by atoms with Crippen molar-refractivity contribution in [2.24, 2.45) is 4.99 Å². The van der Waals surface area contributed by atoms with E-state index >= 15 is 0 Å². The summed E-state index contributed by atoms with van der Waals surface area (Å²) in [5, 5.41) is 9.27. The summed E-state index contributed by atoms with van der Waals surface area (Å²) >= 11 is 0. The summed E-state index contributed by atoms with van der Waals surface area (Å²) in [4.78, 5) is 16.4. The first-order valence-electron chi connectivity index (χ1n) is 9.01. The number of benzene rings is 2. The van der Waals surface area contributed by atoms with E-state index in [9.17, 15) is 4.79 Å². The van der Waals surface area contributed by atoms with Gasteiger partial charge in [0.25, 0.3) is 5.91 Å². The van der Waals surface area contributed by atoms with Crippen LogP contribution in [-0.4, -0.2) is 32.0 Å². The Morgan fingerprint density at radius 3 is 2.50 bits per heavy atom. The van der Waals surface area contributed by atoms with Crippen LogP contribution in [0.15, 0.2) is 53.5 Å². The van der Waals surface area contributed by atoms with Gasteiger partial charge in [-0.25, -0.2) is 4.99 Å². The molecule has 0 aliphatic heterocycles. The lowest BCUT2D eigenvalue weighted by Crippen LogP contribution is -2.38. The van der Waals surface area contributed by atoms with Crippen molar-refractivity contribution in [1.29, 1.82) is 0 Å². The third kappa shape index (κ3) is 6.24. The van der Waals surface area contributed by atoms with Gasteiger partial charge in [-0.1, -0.05) is 42.0 Å². The highest BCUT2D eigenvalue weighted by atomic mass is 16.1. The quantitative estimate of drug-likeness (QED) is 0.530. The summed E-state index contributed by atoms with van der Waals surface area (Å²) in [6.07, 6.45) is 0.819. The van der Waals surface area contributed by atoms with Gasteiger partial charge in [-0.2, -0.15) is 0 Å². The number of aliphatic imine (C=N–C) groups is 1. The maximum atomic E-state index is 11.7. The molecule has 0 aromatic heterocycles. The van der Waals surface area contributed by atoms with Gasteiger partial charge < -0.3 is 16.0 Å². The van der Waals surface area contributed by atoms with Gasteiger partial charge >= 0.3 is 0 Å². The number of rotatable bonds is 7. The van der Waals surface area contributed by atoms with Gasteiger partial charge in [0.1, 0.15) is 0 Å². The minimum absolute atomic E-state index is 0.0622. The Morgan fingerprint density at radius 1 is 1.04 bits per heavy atom. The first kappa shape index (κ1) is 19.5. The van der Waals surface area contributed by atoms with E-state index in [1.807, 2.05) is 24.3 Å². The summed E-state index contributed by atoms with van der Waals surface area (Å²) in [5.74, 6) is 0.739. The molecular formula is C21H28N4O. The topological polar surface area (TPSA) is 65.5 Å². The highest BCUT2D eigenvalue weighted by Gasteiger charge is 2.04. The van der Waals surface area contributed by atoms with Crippen LogP contribution in [0.25, 0.3) is 0 Å². The molecule has 0 spiro atoms. The Labute approximate surface area is 155 Å². The van der Waals surface area contributed by atoms with Crippen LogP contribution in [-0.2, 0) is 13.0 Å². The molecule has 2 rings (SSSR count). The standard InChI is InChI=1S/C21H28N4O/c1-4-23-21(25-15-18-10-8-16(2)9-11-18)24-13-12-17-6-5-7-19(14-17)20(26)22-3/h5-11,14H,4,12-13,15H2,1-3H3,(H,22,26)(H2,23,24,25). The van der Waals surface area contributed by atoms with Crippen LogP contribution in [0.3, 0.4) is 0 Å². The monoisotopic (exact) mass is 352 g/mol. The van der Waals surface area contributed by atoms with Crippen LogP contribution in [0.1, 0.15) is 34.0 Å². The average molecular weight is 352 g/mol. The maximum Gasteiger partial charge on any atom is 0.251 e. The predicted octanol–water partition coefficient (Wildman–Crippen LogP) is 2.65. The molecule has 2 aromatic carbocycles. The lowest BCUT2D eigenvalue weighted by molar-refractivity contribution is 0.0963. The molecular weight excluding hydrogens is 324 g/mol. The zero-order chi connectivity index (χ0) is 18.8. The highest BCUT2D eigenvalue weighted by Crippen LogP contribution is 2.06. The Bertz CT molecular complexity index is 738. The molecule has 3 N–H and O–H groups in total. The molecule has 138 valence electrons. The van der Waals surface area contributed by atoms with Crippen molar-refractivity contribution >= 4 is 11.9 Å². The van der Waals surface area contributed by atoms with Gasteiger partial charge in [0.15, 0.2) is 5.96 Å². The fraction of sp³-hybridized carbons (Fsp3) is 0.333. The first-order valence-corrected chi connectivity index (χ1v) is 9.01. The summed E-state index contributed by atoms with van der Waals surface area (Å²) < 4.78 is 0. The van der Waals surface area contributed by atoms with Gasteiger partial charge in [0.05, 0.1) is 6.54 Å². The van der Waals surface area contributed by atoms with Crippen LogP contribution in [0, 0.1) is 6.92 Å². The zero-order valence-corrected chi connectivity index (χ0v) is 15.8. The molecule has 2 aromatic rings. The number of hydrogen-bond donors (Lipinski definition) is 3. The fourth-order valence-corrected chi connectivity index (χ4v) is 2.54. The molecule has 0 bridgehead atoms. The molecule has 0 fully saturated rings. The van der Waals surface area contributed by atoms with Crippen LogP contribution in [0.5, 0.6) is 0 Å². The number of guanidine groups is 1. The first-order chi connectivity index (χ1) is 12.6. The zero-order valence-electron chi connectivity index (χ0n) is 15.8. The average Bonchev–Trinajstić information content (AvgIpc) is 2.67. The van der Waals surface area contributed by atoms with E-state index < -0.39 is 0 Å². The van der Waals surface area contributed by atoms with Crippen molar-refractivity contribution in [3.8, 4) is 0 Å². The van der Waals surface area contributed by atoms with Crippen molar-refractivity contribution in [1.82, 2.24) is 16.0 Å². The second kappa shape index (κ2) is 10.2. The molecule has 5 nitrogen and oxygen atoms in total. The minimum Gasteiger partial charge on any atom is -0.357 e. The largest absolute Gasteiger partial charge is 0.357 e. The van der Waals surface area contributed by atoms with Crippen molar-refractivity contribution < 1.29 is 4.79 Å². The smallest absolute Gasteiger partial charge is 0.251 e. The Morgan fingerprint density at radius 2 is 1.81 bits per heavy atom. The Kier molecular flexibility index (Phi) is 7.68. The highest BCUT2D eigenvalue weighted by molar-refractivity contribution is 5.94. The van der Waals surface area contributed by atoms with E-state index in [0.29, 0.717) is 12.1 Å². The van der Waals surface area contributed by atoms with E-state index in [1.165, 1.54) is 11.1 Å². The van der Waals surface area contributed by atoms with E-state index in [1.54, 1.807) is 7.05 Å². The summed E-state index contributed by atoms with van der Waals surface area (Å²) in [7, 11) is 1.64. The summed E-state index contributed by atoms with van der Waals surface area (Å²) in [5.41, 5.74) is 4.24. The van der Waals surface area contributed by atoms with Crippen LogP contribution in [0.2, 0.25) is 0 Å². The fourth-order valence-electron chi connectivity index (χ4n) is 2.54. The number of aryl methyl sites for hydroxylation is 1. The molecule has 0 unspecified atom stereocenters. The van der Waals surface area contributed by atoms with E-state index in [-0.39, 0.29) is 5.91 Å². The van der Waals surface area contributed by atoms with E-state index in [0.717, 1.165) is 31.0 Å². The molecule has 0 radical (unpaired) electrons. The molecule has 1 amide bonds. The second-order valence-electron chi connectivity index (χ2n) is 6.14. The number of hydrogen-bond acceptors (Lipinski definition) is 2. The van der Waals surface area contributed by atoms with Crippen molar-refractivity contribution in [2.75, 3.05) is 20.1 Å². The van der Waals surface area contributed by atoms with Crippen molar-refractivity contribution in [3.63, 3.8) is 0 Å². The van der Waals surface area contributed by atoms with Crippen LogP contribution >= 0.6 is 0 Å². The minimum atomic E-state index is -0.0622. The molecule has 26 heavy (non-hydrogen) atoms. The lowest BCUT2D eigenvalue weighted by atomic mass is 10.1. The molecule has 0 atom stereocenters. The molecule has 0 saturated heterocycles. The van der Waals surface area contributed by atoms with Gasteiger partial charge in [-0.3, -0.25) is 4.79 Å². The summed E-state index contributed by atoms with van der Waals surface area (Å²) in [6, 6.07) is 16.1. The van der Waals surface area contributed by atoms with E-state index in [2.05, 4.69) is 59.1 Å². The number of nitrogens with one attached hydrogen (secondary N) is 3. The summed E-state index contributed by atoms with van der Waals surface area (Å²) in [6.45, 7) is 6.33. The normalized spacial score (nSPS) is 11.1. The van der Waals surface area contributed by atoms with E-state index in [4.69, 9.17) is 0 Å². The van der Waals surface area contributed by atoms with Gasteiger partial charge in [-0.15, -0.1) is 0 Å². The SMILES string of the molecule is CCNC(=NCc1ccc(C)cc1)NCCc1cccc(C(=O)NC)c1. The number of carbonyl (C=O) groups excluding carboxylic acids is 1. The maximum absolute atomic E-state index is 11.7. The Balaban J connectivity index is 1.90.